The summed E-state index contributed by atoms with van der Waals surface area (Å²) in [5, 5.41) is 12.9. The van der Waals surface area contributed by atoms with E-state index in [9.17, 15) is 18.1 Å². The maximum Gasteiger partial charge on any atom is 1.00 e. The Bertz CT molecular complexity index is 900. The molecule has 2 rings (SSSR count). The molecule has 1 N–H and O–H groups in total. The van der Waals surface area contributed by atoms with Crippen LogP contribution >= 0.6 is 0 Å². The maximum atomic E-state index is 12.9. The predicted molar refractivity (Wildman–Crippen MR) is 127 cm³/mol. The van der Waals surface area contributed by atoms with E-state index in [1.165, 1.54) is 69.9 Å². The second-order valence-electron chi connectivity index (χ2n) is 8.41. The summed E-state index contributed by atoms with van der Waals surface area (Å²) in [6.45, 7) is 2.24. The van der Waals surface area contributed by atoms with Crippen LogP contribution in [0.4, 0.5) is 0 Å². The minimum absolute atomic E-state index is 0. The molecule has 0 fully saturated rings. The van der Waals surface area contributed by atoms with E-state index in [1.807, 2.05) is 0 Å². The van der Waals surface area contributed by atoms with Crippen LogP contribution in [-0.2, 0) is 16.5 Å². The third kappa shape index (κ3) is 11.7. The molecule has 2 aromatic rings. The molecule has 0 radical (unpaired) electrons. The number of ether oxygens (including phenoxy) is 1. The zero-order chi connectivity index (χ0) is 23.2. The van der Waals surface area contributed by atoms with Gasteiger partial charge in [-0.05, 0) is 31.0 Å². The van der Waals surface area contributed by atoms with E-state index in [0.717, 1.165) is 19.3 Å². The van der Waals surface area contributed by atoms with E-state index in [-0.39, 0.29) is 57.1 Å². The van der Waals surface area contributed by atoms with Crippen LogP contribution in [0.3, 0.4) is 0 Å². The monoisotopic (exact) mass is 500 g/mol. The largest absolute Gasteiger partial charge is 1.00 e. The van der Waals surface area contributed by atoms with Gasteiger partial charge in [-0.2, -0.15) is 8.42 Å². The number of benzene rings is 2. The van der Waals surface area contributed by atoms with Gasteiger partial charge >= 0.3 is 51.4 Å². The van der Waals surface area contributed by atoms with Gasteiger partial charge in [-0.1, -0.05) is 113 Å². The van der Waals surface area contributed by atoms with E-state index >= 15 is 0 Å². The molecular weight excluding hydrogens is 463 g/mol. The summed E-state index contributed by atoms with van der Waals surface area (Å²) in [5.41, 5.74) is 0.510. The van der Waals surface area contributed by atoms with Gasteiger partial charge in [0.25, 0.3) is 10.1 Å². The first-order chi connectivity index (χ1) is 15.4. The number of unbranched alkanes of at least 4 members (excludes halogenated alkanes) is 11. The fourth-order valence-corrected chi connectivity index (χ4v) is 4.45. The van der Waals surface area contributed by atoms with Crippen LogP contribution in [-0.4, -0.2) is 13.0 Å². The van der Waals surface area contributed by atoms with E-state index in [2.05, 4.69) is 6.92 Å². The standard InChI is InChI=1S/C26H38O5S.K/c1-2-3-4-5-6-7-8-9-10-11-12-14-17-22-20-21-24(32(28,29)30)26(25(22)27)31-23-18-15-13-16-19-23;/h13,15-16,18-21,27H,2-12,14,17H2,1H3,(H,28,29,30);/q;+1/p-1. The van der Waals surface area contributed by atoms with Crippen molar-refractivity contribution in [2.75, 3.05) is 0 Å². The molecule has 33 heavy (non-hydrogen) atoms. The molecule has 178 valence electrons. The summed E-state index contributed by atoms with van der Waals surface area (Å²) in [5.74, 6) is -0.473. The fraction of sp³-hybridized carbons (Fsp3) is 0.538. The molecule has 0 unspecified atom stereocenters. The summed E-state index contributed by atoms with van der Waals surface area (Å²) in [4.78, 5) is -0.496. The molecule has 0 spiro atoms. The van der Waals surface area contributed by atoms with Crippen molar-refractivity contribution in [3.8, 4) is 17.2 Å². The normalized spacial score (nSPS) is 11.2. The van der Waals surface area contributed by atoms with Crippen LogP contribution in [0.25, 0.3) is 0 Å². The molecule has 0 saturated heterocycles. The molecule has 0 amide bonds. The fourth-order valence-electron chi connectivity index (χ4n) is 3.84. The number of para-hydroxylation sites is 1. The Morgan fingerprint density at radius 2 is 1.30 bits per heavy atom. The zero-order valence-corrected chi connectivity index (χ0v) is 24.2. The quantitative estimate of drug-likeness (QED) is 0.213. The van der Waals surface area contributed by atoms with Gasteiger partial charge < -0.3 is 9.84 Å². The van der Waals surface area contributed by atoms with Crippen LogP contribution in [0.15, 0.2) is 47.4 Å². The van der Waals surface area contributed by atoms with Crippen molar-refractivity contribution in [1.82, 2.24) is 0 Å². The molecule has 5 nitrogen and oxygen atoms in total. The Kier molecular flexibility index (Phi) is 15.9. The van der Waals surface area contributed by atoms with Gasteiger partial charge in [-0.3, -0.25) is 4.55 Å². The van der Waals surface area contributed by atoms with Crippen molar-refractivity contribution in [1.29, 1.82) is 0 Å². The molecule has 0 bridgehead atoms. The third-order valence-corrected chi connectivity index (χ3v) is 6.58. The minimum atomic E-state index is -4.56. The SMILES string of the molecule is CCCCCCCCCCCCCCc1ccc(S(=O)(=O)O)c(Oc2ccccc2)c1[O-].[K+]. The minimum Gasteiger partial charge on any atom is -0.870 e. The van der Waals surface area contributed by atoms with Crippen molar-refractivity contribution in [3.63, 3.8) is 0 Å². The Hall–Kier alpha value is -0.414. The van der Waals surface area contributed by atoms with Crippen molar-refractivity contribution in [2.45, 2.75) is 95.3 Å². The molecule has 0 aliphatic rings. The molecule has 2 aromatic carbocycles. The van der Waals surface area contributed by atoms with Crippen molar-refractivity contribution < 1.29 is 74.2 Å². The summed E-state index contributed by atoms with van der Waals surface area (Å²) in [7, 11) is -4.56. The van der Waals surface area contributed by atoms with E-state index in [1.54, 1.807) is 30.3 Å². The van der Waals surface area contributed by atoms with Crippen molar-refractivity contribution in [2.24, 2.45) is 0 Å². The molecule has 0 aromatic heterocycles. The number of hydrogen-bond donors (Lipinski definition) is 1. The van der Waals surface area contributed by atoms with Crippen molar-refractivity contribution >= 4 is 10.1 Å². The first kappa shape index (κ1) is 30.6. The maximum absolute atomic E-state index is 12.9. The zero-order valence-electron chi connectivity index (χ0n) is 20.2. The Morgan fingerprint density at radius 3 is 1.82 bits per heavy atom. The Balaban J connectivity index is 0.00000544. The number of hydrogen-bond acceptors (Lipinski definition) is 4. The van der Waals surface area contributed by atoms with Crippen LogP contribution in [0, 0.1) is 0 Å². The molecule has 0 aliphatic carbocycles. The van der Waals surface area contributed by atoms with Gasteiger partial charge in [0.15, 0.2) is 0 Å². The summed E-state index contributed by atoms with van der Waals surface area (Å²) >= 11 is 0. The Morgan fingerprint density at radius 1 is 0.788 bits per heavy atom. The molecule has 0 atom stereocenters. The van der Waals surface area contributed by atoms with Gasteiger partial charge in [-0.25, -0.2) is 0 Å². The number of aryl methyl sites for hydroxylation is 1. The first-order valence-corrected chi connectivity index (χ1v) is 13.4. The average Bonchev–Trinajstić information content (AvgIpc) is 2.76. The Labute approximate surface area is 242 Å². The van der Waals surface area contributed by atoms with E-state index in [4.69, 9.17) is 4.74 Å². The van der Waals surface area contributed by atoms with Gasteiger partial charge in [0.05, 0.1) is 0 Å². The van der Waals surface area contributed by atoms with Crippen LogP contribution in [0.5, 0.6) is 17.2 Å². The summed E-state index contributed by atoms with van der Waals surface area (Å²) in [6.07, 6.45) is 15.4. The predicted octanol–water partition coefficient (Wildman–Crippen LogP) is 4.05. The molecule has 0 aliphatic heterocycles. The van der Waals surface area contributed by atoms with Gasteiger partial charge in [-0.15, -0.1) is 0 Å². The third-order valence-electron chi connectivity index (χ3n) is 5.70. The van der Waals surface area contributed by atoms with E-state index < -0.39 is 20.8 Å². The smallest absolute Gasteiger partial charge is 0.870 e. The molecular formula is C26H37KO5S. The molecule has 7 heteroatoms. The number of rotatable bonds is 16. The van der Waals surface area contributed by atoms with Gasteiger partial charge in [0.2, 0.25) is 0 Å². The first-order valence-electron chi connectivity index (χ1n) is 12.0. The van der Waals surface area contributed by atoms with Crippen molar-refractivity contribution in [3.05, 3.63) is 48.0 Å². The second-order valence-corrected chi connectivity index (χ2v) is 9.80. The summed E-state index contributed by atoms with van der Waals surface area (Å²) in [6, 6.07) is 11.2. The topological polar surface area (TPSA) is 86.7 Å². The second kappa shape index (κ2) is 17.1. The summed E-state index contributed by atoms with van der Waals surface area (Å²) < 4.78 is 38.5. The molecule has 0 heterocycles. The van der Waals surface area contributed by atoms with Crippen LogP contribution < -0.4 is 61.2 Å². The van der Waals surface area contributed by atoms with Crippen LogP contribution in [0.2, 0.25) is 0 Å². The average molecular weight is 501 g/mol. The van der Waals surface area contributed by atoms with Gasteiger partial charge in [0, 0.05) is 0 Å². The van der Waals surface area contributed by atoms with E-state index in [0.29, 0.717) is 17.7 Å². The van der Waals surface area contributed by atoms with Gasteiger partial charge in [0.1, 0.15) is 16.4 Å². The van der Waals surface area contributed by atoms with Crippen LogP contribution in [0.1, 0.15) is 89.5 Å². The molecule has 0 saturated carbocycles.